The standard InChI is InChI=1S/C13H10N4O4S/c1-8-2-4-16(13(18)11(8)17(19)20)6-10-14-12(15-21-10)9-3-5-22-7-9/h2-5,7H,6H2,1H3. The van der Waals surface area contributed by atoms with Crippen molar-refractivity contribution in [1.29, 1.82) is 0 Å². The molecule has 0 bridgehead atoms. The van der Waals surface area contributed by atoms with E-state index in [4.69, 9.17) is 4.52 Å². The van der Waals surface area contributed by atoms with Crippen LogP contribution in [0.1, 0.15) is 11.5 Å². The number of pyridine rings is 1. The maximum atomic E-state index is 12.1. The van der Waals surface area contributed by atoms with E-state index in [1.54, 1.807) is 0 Å². The highest BCUT2D eigenvalue weighted by Crippen LogP contribution is 2.19. The van der Waals surface area contributed by atoms with E-state index in [0.29, 0.717) is 11.4 Å². The summed E-state index contributed by atoms with van der Waals surface area (Å²) in [6.07, 6.45) is 1.47. The summed E-state index contributed by atoms with van der Waals surface area (Å²) < 4.78 is 6.27. The van der Waals surface area contributed by atoms with E-state index in [0.717, 1.165) is 5.56 Å². The zero-order chi connectivity index (χ0) is 15.7. The number of hydrogen-bond acceptors (Lipinski definition) is 7. The van der Waals surface area contributed by atoms with Gasteiger partial charge in [0.1, 0.15) is 6.54 Å². The molecule has 8 nitrogen and oxygen atoms in total. The molecule has 3 aromatic rings. The van der Waals surface area contributed by atoms with Crippen molar-refractivity contribution in [2.24, 2.45) is 0 Å². The van der Waals surface area contributed by atoms with Crippen molar-refractivity contribution in [3.63, 3.8) is 0 Å². The van der Waals surface area contributed by atoms with E-state index in [9.17, 15) is 14.9 Å². The fourth-order valence-corrected chi connectivity index (χ4v) is 2.61. The van der Waals surface area contributed by atoms with E-state index in [1.807, 2.05) is 16.8 Å². The lowest BCUT2D eigenvalue weighted by Crippen LogP contribution is -2.23. The van der Waals surface area contributed by atoms with Crippen LogP contribution in [-0.4, -0.2) is 19.6 Å². The molecule has 0 aliphatic carbocycles. The number of nitro groups is 1. The highest BCUT2D eigenvalue weighted by Gasteiger charge is 2.19. The quantitative estimate of drug-likeness (QED) is 0.539. The summed E-state index contributed by atoms with van der Waals surface area (Å²) >= 11 is 1.51. The first-order chi connectivity index (χ1) is 10.6. The Kier molecular flexibility index (Phi) is 3.55. The zero-order valence-electron chi connectivity index (χ0n) is 11.4. The Morgan fingerprint density at radius 1 is 1.45 bits per heavy atom. The molecule has 0 aromatic carbocycles. The van der Waals surface area contributed by atoms with Gasteiger partial charge in [0, 0.05) is 22.7 Å². The van der Waals surface area contributed by atoms with E-state index in [2.05, 4.69) is 10.1 Å². The maximum Gasteiger partial charge on any atom is 0.336 e. The average Bonchev–Trinajstić information content (AvgIpc) is 3.12. The van der Waals surface area contributed by atoms with E-state index >= 15 is 0 Å². The van der Waals surface area contributed by atoms with Crippen molar-refractivity contribution in [2.45, 2.75) is 13.5 Å². The van der Waals surface area contributed by atoms with Gasteiger partial charge in [-0.3, -0.25) is 14.9 Å². The van der Waals surface area contributed by atoms with Crippen LogP contribution >= 0.6 is 11.3 Å². The molecule has 0 N–H and O–H groups in total. The van der Waals surface area contributed by atoms with Crippen molar-refractivity contribution in [3.8, 4) is 11.4 Å². The average molecular weight is 318 g/mol. The molecule has 0 saturated heterocycles. The van der Waals surface area contributed by atoms with Gasteiger partial charge in [0.25, 0.3) is 0 Å². The Morgan fingerprint density at radius 2 is 2.27 bits per heavy atom. The van der Waals surface area contributed by atoms with Crippen molar-refractivity contribution in [2.75, 3.05) is 0 Å². The third-order valence-electron chi connectivity index (χ3n) is 3.08. The predicted octanol–water partition coefficient (Wildman–Crippen LogP) is 2.22. The zero-order valence-corrected chi connectivity index (χ0v) is 12.2. The fourth-order valence-electron chi connectivity index (χ4n) is 1.97. The third kappa shape index (κ3) is 2.53. The smallest absolute Gasteiger partial charge is 0.336 e. The van der Waals surface area contributed by atoms with Crippen LogP contribution in [0.4, 0.5) is 5.69 Å². The lowest BCUT2D eigenvalue weighted by atomic mass is 10.2. The van der Waals surface area contributed by atoms with Crippen LogP contribution in [0.25, 0.3) is 11.4 Å². The van der Waals surface area contributed by atoms with Crippen molar-refractivity contribution < 1.29 is 9.45 Å². The number of thiophene rings is 1. The Bertz CT molecular complexity index is 882. The van der Waals surface area contributed by atoms with Crippen LogP contribution in [0.5, 0.6) is 0 Å². The molecule has 0 spiro atoms. The van der Waals surface area contributed by atoms with E-state index in [-0.39, 0.29) is 12.4 Å². The summed E-state index contributed by atoms with van der Waals surface area (Å²) in [5.41, 5.74) is -0.00154. The van der Waals surface area contributed by atoms with Crippen LogP contribution in [0.3, 0.4) is 0 Å². The van der Waals surface area contributed by atoms with E-state index in [1.165, 1.54) is 35.1 Å². The minimum atomic E-state index is -0.694. The van der Waals surface area contributed by atoms with Gasteiger partial charge >= 0.3 is 11.2 Å². The van der Waals surface area contributed by atoms with Gasteiger partial charge in [0.05, 0.1) is 4.92 Å². The lowest BCUT2D eigenvalue weighted by molar-refractivity contribution is -0.387. The predicted molar refractivity (Wildman–Crippen MR) is 78.8 cm³/mol. The first-order valence-corrected chi connectivity index (χ1v) is 7.20. The molecule has 0 aliphatic heterocycles. The maximum absolute atomic E-state index is 12.1. The highest BCUT2D eigenvalue weighted by atomic mass is 32.1. The molecule has 0 saturated carbocycles. The van der Waals surface area contributed by atoms with Crippen LogP contribution in [0, 0.1) is 17.0 Å². The number of aromatic nitrogens is 3. The summed E-state index contributed by atoms with van der Waals surface area (Å²) in [5, 5.41) is 18.5. The Balaban J connectivity index is 1.93. The van der Waals surface area contributed by atoms with Crippen LogP contribution in [-0.2, 0) is 6.54 Å². The topological polar surface area (TPSA) is 104 Å². The molecular formula is C13H10N4O4S. The second-order valence-electron chi connectivity index (χ2n) is 4.56. The number of nitrogens with zero attached hydrogens (tertiary/aromatic N) is 4. The van der Waals surface area contributed by atoms with Gasteiger partial charge in [-0.25, -0.2) is 0 Å². The summed E-state index contributed by atoms with van der Waals surface area (Å²) in [6, 6.07) is 3.36. The highest BCUT2D eigenvalue weighted by molar-refractivity contribution is 7.08. The van der Waals surface area contributed by atoms with Gasteiger partial charge in [-0.2, -0.15) is 16.3 Å². The molecule has 0 radical (unpaired) electrons. The largest absolute Gasteiger partial charge is 0.337 e. The lowest BCUT2D eigenvalue weighted by Gasteiger charge is -2.03. The van der Waals surface area contributed by atoms with Crippen molar-refractivity contribution >= 4 is 17.0 Å². The van der Waals surface area contributed by atoms with Gasteiger partial charge in [0.2, 0.25) is 11.7 Å². The molecule has 9 heteroatoms. The van der Waals surface area contributed by atoms with Gasteiger partial charge in [-0.1, -0.05) is 5.16 Å². The van der Waals surface area contributed by atoms with Crippen LogP contribution in [0.2, 0.25) is 0 Å². The Labute approximate surface area is 127 Å². The number of aryl methyl sites for hydroxylation is 1. The molecular weight excluding hydrogens is 308 g/mol. The molecule has 112 valence electrons. The first kappa shape index (κ1) is 14.1. The molecule has 0 aliphatic rings. The second kappa shape index (κ2) is 5.53. The van der Waals surface area contributed by atoms with Crippen molar-refractivity contribution in [1.82, 2.24) is 14.7 Å². The molecule has 3 aromatic heterocycles. The summed E-state index contributed by atoms with van der Waals surface area (Å²) in [5.74, 6) is 0.632. The van der Waals surface area contributed by atoms with Crippen LogP contribution < -0.4 is 5.56 Å². The molecule has 0 amide bonds. The molecule has 3 heterocycles. The minimum Gasteiger partial charge on any atom is -0.337 e. The Morgan fingerprint density at radius 3 is 2.95 bits per heavy atom. The third-order valence-corrected chi connectivity index (χ3v) is 3.76. The summed E-state index contributed by atoms with van der Waals surface area (Å²) in [4.78, 5) is 26.6. The molecule has 0 atom stereocenters. The molecule has 0 unspecified atom stereocenters. The van der Waals surface area contributed by atoms with Crippen molar-refractivity contribution in [3.05, 3.63) is 61.0 Å². The van der Waals surface area contributed by atoms with Gasteiger partial charge in [-0.05, 0) is 24.4 Å². The number of rotatable bonds is 4. The first-order valence-electron chi connectivity index (χ1n) is 6.26. The molecule has 22 heavy (non-hydrogen) atoms. The van der Waals surface area contributed by atoms with Gasteiger partial charge in [-0.15, -0.1) is 0 Å². The monoisotopic (exact) mass is 318 g/mol. The molecule has 3 rings (SSSR count). The van der Waals surface area contributed by atoms with Gasteiger partial charge in [0.15, 0.2) is 0 Å². The second-order valence-corrected chi connectivity index (χ2v) is 5.34. The minimum absolute atomic E-state index is 0.0168. The molecule has 0 fully saturated rings. The SMILES string of the molecule is Cc1ccn(Cc2nc(-c3ccsc3)no2)c(=O)c1[N+](=O)[O-]. The van der Waals surface area contributed by atoms with Gasteiger partial charge < -0.3 is 9.09 Å². The number of hydrogen-bond donors (Lipinski definition) is 0. The normalized spacial score (nSPS) is 10.8. The summed E-state index contributed by atoms with van der Waals surface area (Å²) in [6.45, 7) is 1.50. The van der Waals surface area contributed by atoms with E-state index < -0.39 is 16.2 Å². The van der Waals surface area contributed by atoms with Crippen LogP contribution in [0.15, 0.2) is 38.4 Å². The fraction of sp³-hybridized carbons (Fsp3) is 0.154. The Hall–Kier alpha value is -2.81. The summed E-state index contributed by atoms with van der Waals surface area (Å²) in [7, 11) is 0.